The minimum Gasteiger partial charge on any atom is -0.388 e. The molecular weight excluding hydrogens is 380 g/mol. The van der Waals surface area contributed by atoms with Crippen LogP contribution in [0.15, 0.2) is 18.3 Å². The number of benzene rings is 1. The first-order valence-electron chi connectivity index (χ1n) is 9.67. The molecule has 3 rings (SSSR count). The van der Waals surface area contributed by atoms with Gasteiger partial charge in [0, 0.05) is 42.7 Å². The van der Waals surface area contributed by atoms with Crippen molar-refractivity contribution >= 4 is 28.5 Å². The number of aromatic nitrogens is 2. The Morgan fingerprint density at radius 1 is 1.46 bits per heavy atom. The molecule has 0 unspecified atom stereocenters. The van der Waals surface area contributed by atoms with Crippen LogP contribution in [0.1, 0.15) is 38.4 Å². The van der Waals surface area contributed by atoms with Crippen LogP contribution in [0.4, 0.5) is 4.79 Å². The van der Waals surface area contributed by atoms with Crippen LogP contribution in [0.25, 0.3) is 10.9 Å². The van der Waals surface area contributed by atoms with Crippen molar-refractivity contribution in [1.82, 2.24) is 20.4 Å². The highest BCUT2D eigenvalue weighted by atomic mass is 35.5. The minimum absolute atomic E-state index is 0.0529. The monoisotopic (exact) mass is 408 g/mol. The van der Waals surface area contributed by atoms with E-state index in [1.165, 1.54) is 0 Å². The third-order valence-electron chi connectivity index (χ3n) is 5.96. The zero-order chi connectivity index (χ0) is 20.3. The van der Waals surface area contributed by atoms with Crippen molar-refractivity contribution in [3.8, 4) is 0 Å². The van der Waals surface area contributed by atoms with Crippen molar-refractivity contribution < 1.29 is 14.6 Å². The summed E-state index contributed by atoms with van der Waals surface area (Å²) in [7, 11) is 1.61. The summed E-state index contributed by atoms with van der Waals surface area (Å²) >= 11 is 6.25. The lowest BCUT2D eigenvalue weighted by atomic mass is 9.68. The van der Waals surface area contributed by atoms with Gasteiger partial charge < -0.3 is 20.1 Å². The normalized spacial score (nSPS) is 17.1. The fraction of sp³-hybridized carbons (Fsp3) is 0.600. The van der Waals surface area contributed by atoms with Crippen molar-refractivity contribution in [2.24, 2.45) is 11.3 Å². The molecule has 0 bridgehead atoms. The summed E-state index contributed by atoms with van der Waals surface area (Å²) in [4.78, 5) is 14.1. The molecule has 0 saturated carbocycles. The third kappa shape index (κ3) is 4.26. The first-order valence-corrected chi connectivity index (χ1v) is 10.0. The molecule has 1 saturated heterocycles. The van der Waals surface area contributed by atoms with E-state index in [-0.39, 0.29) is 17.4 Å². The number of H-pyrrole nitrogens is 1. The van der Waals surface area contributed by atoms with Crippen LogP contribution in [0.2, 0.25) is 5.02 Å². The summed E-state index contributed by atoms with van der Waals surface area (Å²) in [6.45, 7) is 6.53. The van der Waals surface area contributed by atoms with Gasteiger partial charge in [0.05, 0.1) is 24.4 Å². The van der Waals surface area contributed by atoms with E-state index in [0.717, 1.165) is 29.3 Å². The standard InChI is InChI=1S/C20H29ClN4O3/c1-20(2,14-4-7-25(8-5-14)19(27)22-6-9-28-3)18(26)16-11-15(21)10-13-12-23-24-17(13)16/h10-12,14,18,26H,4-9H2,1-3H3,(H,22,27)(H,23,24)/t18-/m0/s1. The molecule has 2 aromatic rings. The molecule has 7 nitrogen and oxygen atoms in total. The fourth-order valence-electron chi connectivity index (χ4n) is 4.09. The molecule has 0 aliphatic carbocycles. The van der Waals surface area contributed by atoms with Crippen LogP contribution in [0, 0.1) is 11.3 Å². The van der Waals surface area contributed by atoms with E-state index in [0.29, 0.717) is 31.3 Å². The molecular formula is C20H29ClN4O3. The number of likely N-dealkylation sites (tertiary alicyclic amines) is 1. The number of nitrogens with zero attached hydrogens (tertiary/aromatic N) is 2. The SMILES string of the molecule is COCCNC(=O)N1CCC(C(C)(C)[C@@H](O)c2cc(Cl)cc3cn[nH]c23)CC1. The number of halogens is 1. The average Bonchev–Trinajstić information content (AvgIpc) is 3.15. The lowest BCUT2D eigenvalue weighted by Gasteiger charge is -2.43. The Morgan fingerprint density at radius 3 is 2.86 bits per heavy atom. The second-order valence-electron chi connectivity index (χ2n) is 8.04. The van der Waals surface area contributed by atoms with Crippen LogP contribution in [-0.4, -0.2) is 59.6 Å². The average molecular weight is 409 g/mol. The summed E-state index contributed by atoms with van der Waals surface area (Å²) in [6, 6.07) is 3.60. The fourth-order valence-corrected chi connectivity index (χ4v) is 4.32. The van der Waals surface area contributed by atoms with Crippen molar-refractivity contribution in [3.63, 3.8) is 0 Å². The number of carbonyl (C=O) groups excluding carboxylic acids is 1. The molecule has 2 amide bonds. The summed E-state index contributed by atoms with van der Waals surface area (Å²) in [5.74, 6) is 0.280. The van der Waals surface area contributed by atoms with Gasteiger partial charge in [0.1, 0.15) is 0 Å². The predicted molar refractivity (Wildman–Crippen MR) is 109 cm³/mol. The van der Waals surface area contributed by atoms with E-state index in [4.69, 9.17) is 16.3 Å². The van der Waals surface area contributed by atoms with Gasteiger partial charge in [-0.15, -0.1) is 0 Å². The lowest BCUT2D eigenvalue weighted by molar-refractivity contribution is -0.0143. The smallest absolute Gasteiger partial charge is 0.317 e. The van der Waals surface area contributed by atoms with Crippen LogP contribution in [0.5, 0.6) is 0 Å². The number of methoxy groups -OCH3 is 1. The Labute approximate surface area is 170 Å². The maximum Gasteiger partial charge on any atom is 0.317 e. The van der Waals surface area contributed by atoms with Gasteiger partial charge in [-0.1, -0.05) is 25.4 Å². The van der Waals surface area contributed by atoms with E-state index in [1.807, 2.05) is 17.0 Å². The van der Waals surface area contributed by atoms with E-state index in [9.17, 15) is 9.90 Å². The van der Waals surface area contributed by atoms with E-state index >= 15 is 0 Å². The number of carbonyl (C=O) groups is 1. The number of fused-ring (bicyclic) bond motifs is 1. The summed E-state index contributed by atoms with van der Waals surface area (Å²) in [6.07, 6.45) is 2.70. The number of piperidine rings is 1. The molecule has 1 atom stereocenters. The molecule has 8 heteroatoms. The molecule has 0 spiro atoms. The highest BCUT2D eigenvalue weighted by molar-refractivity contribution is 6.31. The van der Waals surface area contributed by atoms with Crippen molar-refractivity contribution in [2.75, 3.05) is 33.4 Å². The number of urea groups is 1. The molecule has 0 radical (unpaired) electrons. The molecule has 1 fully saturated rings. The molecule has 1 aliphatic rings. The lowest BCUT2D eigenvalue weighted by Crippen LogP contribution is -2.47. The van der Waals surface area contributed by atoms with Crippen LogP contribution in [-0.2, 0) is 4.74 Å². The van der Waals surface area contributed by atoms with Crippen molar-refractivity contribution in [3.05, 3.63) is 28.9 Å². The Hall–Kier alpha value is -1.83. The Balaban J connectivity index is 1.68. The highest BCUT2D eigenvalue weighted by Crippen LogP contribution is 2.46. The number of rotatable bonds is 6. The van der Waals surface area contributed by atoms with Gasteiger partial charge in [-0.2, -0.15) is 5.10 Å². The number of aliphatic hydroxyl groups is 1. The van der Waals surface area contributed by atoms with Gasteiger partial charge in [0.2, 0.25) is 0 Å². The Bertz CT molecular complexity index is 815. The highest BCUT2D eigenvalue weighted by Gasteiger charge is 2.40. The minimum atomic E-state index is -0.693. The maximum atomic E-state index is 12.2. The van der Waals surface area contributed by atoms with Crippen LogP contribution in [0.3, 0.4) is 0 Å². The van der Waals surface area contributed by atoms with Crippen molar-refractivity contribution in [1.29, 1.82) is 0 Å². The Kier molecular flexibility index (Phi) is 6.47. The zero-order valence-electron chi connectivity index (χ0n) is 16.7. The number of aliphatic hydroxyl groups excluding tert-OH is 1. The number of amides is 2. The number of nitrogens with one attached hydrogen (secondary N) is 2. The number of aromatic amines is 1. The predicted octanol–water partition coefficient (Wildman–Crippen LogP) is 3.34. The number of hydrogen-bond acceptors (Lipinski definition) is 4. The van der Waals surface area contributed by atoms with Gasteiger partial charge in [-0.3, -0.25) is 5.10 Å². The van der Waals surface area contributed by atoms with Gasteiger partial charge >= 0.3 is 6.03 Å². The second kappa shape index (κ2) is 8.68. The first kappa shape index (κ1) is 20.9. The molecule has 1 aliphatic heterocycles. The van der Waals surface area contributed by atoms with Gasteiger partial charge in [-0.25, -0.2) is 4.79 Å². The quantitative estimate of drug-likeness (QED) is 0.639. The summed E-state index contributed by atoms with van der Waals surface area (Å²) in [5.41, 5.74) is 1.21. The molecule has 1 aromatic heterocycles. The molecule has 28 heavy (non-hydrogen) atoms. The summed E-state index contributed by atoms with van der Waals surface area (Å²) in [5, 5.41) is 22.6. The summed E-state index contributed by atoms with van der Waals surface area (Å²) < 4.78 is 4.97. The van der Waals surface area contributed by atoms with Gasteiger partial charge in [-0.05, 0) is 36.3 Å². The van der Waals surface area contributed by atoms with E-state index < -0.39 is 6.10 Å². The van der Waals surface area contributed by atoms with Crippen molar-refractivity contribution in [2.45, 2.75) is 32.8 Å². The van der Waals surface area contributed by atoms with Crippen LogP contribution < -0.4 is 5.32 Å². The molecule has 1 aromatic carbocycles. The van der Waals surface area contributed by atoms with Gasteiger partial charge in [0.15, 0.2) is 0 Å². The molecule has 154 valence electrons. The maximum absolute atomic E-state index is 12.2. The number of hydrogen-bond donors (Lipinski definition) is 3. The molecule has 2 heterocycles. The van der Waals surface area contributed by atoms with Gasteiger partial charge in [0.25, 0.3) is 0 Å². The largest absolute Gasteiger partial charge is 0.388 e. The van der Waals surface area contributed by atoms with Crippen LogP contribution >= 0.6 is 11.6 Å². The van der Waals surface area contributed by atoms with E-state index in [1.54, 1.807) is 13.3 Å². The molecule has 3 N–H and O–H groups in total. The zero-order valence-corrected chi connectivity index (χ0v) is 17.4. The number of ether oxygens (including phenoxy) is 1. The van der Waals surface area contributed by atoms with E-state index in [2.05, 4.69) is 29.4 Å². The Morgan fingerprint density at radius 2 is 2.18 bits per heavy atom. The second-order valence-corrected chi connectivity index (χ2v) is 8.48. The third-order valence-corrected chi connectivity index (χ3v) is 6.18. The topological polar surface area (TPSA) is 90.5 Å². The first-order chi connectivity index (χ1) is 13.3.